The van der Waals surface area contributed by atoms with E-state index in [2.05, 4.69) is 15.8 Å². The van der Waals surface area contributed by atoms with Crippen LogP contribution in [0.4, 0.5) is 0 Å². The number of amides is 2. The molecule has 2 amide bonds. The van der Waals surface area contributed by atoms with Crippen molar-refractivity contribution in [3.63, 3.8) is 0 Å². The summed E-state index contributed by atoms with van der Waals surface area (Å²) in [6.07, 6.45) is 6.42. The summed E-state index contributed by atoms with van der Waals surface area (Å²) in [5.74, 6) is -0.269. The number of carbonyl (C=O) groups excluding carboxylic acids is 2. The first-order valence-electron chi connectivity index (χ1n) is 7.96. The summed E-state index contributed by atoms with van der Waals surface area (Å²) in [4.78, 5) is 27.2. The zero-order valence-corrected chi connectivity index (χ0v) is 12.4. The number of hydrogen-bond acceptors (Lipinski definition) is 2. The average Bonchev–Trinajstić information content (AvgIpc) is 3.33. The molecule has 0 aliphatic heterocycles. The molecule has 1 fully saturated rings. The zero-order valence-electron chi connectivity index (χ0n) is 12.4. The van der Waals surface area contributed by atoms with E-state index in [-0.39, 0.29) is 17.7 Å². The molecule has 22 heavy (non-hydrogen) atoms. The van der Waals surface area contributed by atoms with Gasteiger partial charge < -0.3 is 4.98 Å². The predicted molar refractivity (Wildman–Crippen MR) is 83.3 cm³/mol. The number of rotatable bonds is 2. The number of nitrogens with one attached hydrogen (secondary N) is 3. The summed E-state index contributed by atoms with van der Waals surface area (Å²) >= 11 is 0. The van der Waals surface area contributed by atoms with Gasteiger partial charge in [0.25, 0.3) is 5.91 Å². The minimum atomic E-state index is -0.262. The molecule has 0 spiro atoms. The summed E-state index contributed by atoms with van der Waals surface area (Å²) in [5, 5.41) is 1.14. The number of aryl methyl sites for hydroxylation is 2. The van der Waals surface area contributed by atoms with Gasteiger partial charge in [-0.2, -0.15) is 0 Å². The molecule has 0 bridgehead atoms. The van der Waals surface area contributed by atoms with Crippen LogP contribution in [-0.4, -0.2) is 16.8 Å². The Kier molecular flexibility index (Phi) is 3.13. The van der Waals surface area contributed by atoms with Crippen molar-refractivity contribution in [1.82, 2.24) is 15.8 Å². The van der Waals surface area contributed by atoms with Crippen LogP contribution in [0.3, 0.4) is 0 Å². The van der Waals surface area contributed by atoms with Crippen molar-refractivity contribution in [2.45, 2.75) is 38.5 Å². The van der Waals surface area contributed by atoms with E-state index in [0.29, 0.717) is 5.56 Å². The summed E-state index contributed by atoms with van der Waals surface area (Å²) in [7, 11) is 0. The van der Waals surface area contributed by atoms with Crippen LogP contribution in [0.2, 0.25) is 0 Å². The van der Waals surface area contributed by atoms with Gasteiger partial charge in [0.05, 0.1) is 0 Å². The second-order valence-corrected chi connectivity index (χ2v) is 6.27. The Morgan fingerprint density at radius 3 is 2.73 bits per heavy atom. The quantitative estimate of drug-likeness (QED) is 0.744. The Hall–Kier alpha value is -2.30. The van der Waals surface area contributed by atoms with E-state index in [0.717, 1.165) is 36.6 Å². The lowest BCUT2D eigenvalue weighted by Crippen LogP contribution is -2.42. The third-order valence-electron chi connectivity index (χ3n) is 4.61. The monoisotopic (exact) mass is 297 g/mol. The first kappa shape index (κ1) is 13.4. The van der Waals surface area contributed by atoms with E-state index < -0.39 is 0 Å². The van der Waals surface area contributed by atoms with Crippen molar-refractivity contribution in [2.24, 2.45) is 5.92 Å². The lowest BCUT2D eigenvalue weighted by Gasteiger charge is -2.10. The van der Waals surface area contributed by atoms with Gasteiger partial charge in [-0.15, -0.1) is 0 Å². The molecule has 1 aromatic heterocycles. The fourth-order valence-electron chi connectivity index (χ4n) is 3.19. The number of aromatic nitrogens is 1. The molecule has 0 radical (unpaired) electrons. The third kappa shape index (κ3) is 2.36. The SMILES string of the molecule is O=C(NNC(=O)C1CC1)c1ccc2[nH]c3c(c2c1)CCCC3. The van der Waals surface area contributed by atoms with Crippen LogP contribution in [-0.2, 0) is 17.6 Å². The Bertz CT molecular complexity index is 759. The van der Waals surface area contributed by atoms with Crippen molar-refractivity contribution in [3.8, 4) is 0 Å². The number of fused-ring (bicyclic) bond motifs is 3. The molecule has 1 heterocycles. The fraction of sp³-hybridized carbons (Fsp3) is 0.412. The number of hydrazine groups is 1. The highest BCUT2D eigenvalue weighted by molar-refractivity contribution is 6.00. The highest BCUT2D eigenvalue weighted by Gasteiger charge is 2.29. The van der Waals surface area contributed by atoms with Crippen LogP contribution in [0.25, 0.3) is 10.9 Å². The molecular formula is C17H19N3O2. The van der Waals surface area contributed by atoms with Gasteiger partial charge >= 0.3 is 0 Å². The third-order valence-corrected chi connectivity index (χ3v) is 4.61. The standard InChI is InChI=1S/C17H19N3O2/c21-16(10-5-6-10)19-20-17(22)11-7-8-15-13(9-11)12-3-1-2-4-14(12)18-15/h7-10,18H,1-6H2,(H,19,21)(H,20,22). The van der Waals surface area contributed by atoms with Crippen LogP contribution in [0.1, 0.15) is 47.3 Å². The molecule has 114 valence electrons. The molecule has 2 aliphatic rings. The van der Waals surface area contributed by atoms with E-state index in [9.17, 15) is 9.59 Å². The number of benzene rings is 1. The maximum absolute atomic E-state index is 12.2. The molecule has 3 N–H and O–H groups in total. The first-order chi connectivity index (χ1) is 10.7. The second kappa shape index (κ2) is 5.16. The number of carbonyl (C=O) groups is 2. The van der Waals surface area contributed by atoms with Gasteiger partial charge in [0.1, 0.15) is 0 Å². The Morgan fingerprint density at radius 1 is 1.09 bits per heavy atom. The van der Waals surface area contributed by atoms with Crippen molar-refractivity contribution in [1.29, 1.82) is 0 Å². The van der Waals surface area contributed by atoms with Gasteiger partial charge in [0.15, 0.2) is 0 Å². The Morgan fingerprint density at radius 2 is 1.91 bits per heavy atom. The smallest absolute Gasteiger partial charge is 0.269 e. The average molecular weight is 297 g/mol. The van der Waals surface area contributed by atoms with Crippen LogP contribution in [0.5, 0.6) is 0 Å². The Balaban J connectivity index is 1.56. The molecule has 0 saturated heterocycles. The normalized spacial score (nSPS) is 17.1. The van der Waals surface area contributed by atoms with Gasteiger partial charge in [-0.25, -0.2) is 0 Å². The van der Waals surface area contributed by atoms with Crippen molar-refractivity contribution in [3.05, 3.63) is 35.0 Å². The summed E-state index contributed by atoms with van der Waals surface area (Å²) in [5.41, 5.74) is 9.33. The highest BCUT2D eigenvalue weighted by Crippen LogP contribution is 2.30. The highest BCUT2D eigenvalue weighted by atomic mass is 16.2. The molecule has 5 heteroatoms. The summed E-state index contributed by atoms with van der Waals surface area (Å²) in [6, 6.07) is 5.67. The number of aromatic amines is 1. The lowest BCUT2D eigenvalue weighted by molar-refractivity contribution is -0.123. The van der Waals surface area contributed by atoms with Crippen molar-refractivity contribution in [2.75, 3.05) is 0 Å². The minimum Gasteiger partial charge on any atom is -0.358 e. The van der Waals surface area contributed by atoms with Crippen LogP contribution >= 0.6 is 0 Å². The largest absolute Gasteiger partial charge is 0.358 e. The molecule has 1 aromatic carbocycles. The van der Waals surface area contributed by atoms with Crippen molar-refractivity contribution >= 4 is 22.7 Å². The van der Waals surface area contributed by atoms with E-state index in [1.807, 2.05) is 12.1 Å². The van der Waals surface area contributed by atoms with Gasteiger partial charge in [-0.05, 0) is 62.3 Å². The van der Waals surface area contributed by atoms with E-state index in [1.165, 1.54) is 24.1 Å². The molecular weight excluding hydrogens is 278 g/mol. The van der Waals surface area contributed by atoms with Gasteiger partial charge in [-0.1, -0.05) is 0 Å². The minimum absolute atomic E-state index is 0.0828. The first-order valence-corrected chi connectivity index (χ1v) is 7.96. The van der Waals surface area contributed by atoms with E-state index >= 15 is 0 Å². The van der Waals surface area contributed by atoms with Gasteiger partial charge in [0.2, 0.25) is 5.91 Å². The lowest BCUT2D eigenvalue weighted by atomic mass is 9.95. The Labute approximate surface area is 128 Å². The number of hydrogen-bond donors (Lipinski definition) is 3. The van der Waals surface area contributed by atoms with Crippen LogP contribution in [0, 0.1) is 5.92 Å². The molecule has 2 aromatic rings. The summed E-state index contributed by atoms with van der Waals surface area (Å²) < 4.78 is 0. The van der Waals surface area contributed by atoms with Crippen LogP contribution < -0.4 is 10.9 Å². The van der Waals surface area contributed by atoms with Gasteiger partial charge in [-0.3, -0.25) is 20.4 Å². The van der Waals surface area contributed by atoms with Crippen molar-refractivity contribution < 1.29 is 9.59 Å². The number of H-pyrrole nitrogens is 1. The predicted octanol–water partition coefficient (Wildman–Crippen LogP) is 2.22. The second-order valence-electron chi connectivity index (χ2n) is 6.27. The molecule has 2 aliphatic carbocycles. The molecule has 5 nitrogen and oxygen atoms in total. The molecule has 0 atom stereocenters. The maximum atomic E-state index is 12.2. The van der Waals surface area contributed by atoms with Gasteiger partial charge in [0, 0.05) is 28.1 Å². The summed E-state index contributed by atoms with van der Waals surface area (Å²) in [6.45, 7) is 0. The molecule has 1 saturated carbocycles. The van der Waals surface area contributed by atoms with Crippen LogP contribution in [0.15, 0.2) is 18.2 Å². The topological polar surface area (TPSA) is 74.0 Å². The maximum Gasteiger partial charge on any atom is 0.269 e. The fourth-order valence-corrected chi connectivity index (χ4v) is 3.19. The zero-order chi connectivity index (χ0) is 15.1. The van der Waals surface area contributed by atoms with E-state index in [1.54, 1.807) is 6.07 Å². The van der Waals surface area contributed by atoms with E-state index in [4.69, 9.17) is 0 Å². The molecule has 4 rings (SSSR count). The molecule has 0 unspecified atom stereocenters.